The van der Waals surface area contributed by atoms with E-state index in [1.54, 1.807) is 11.8 Å². The number of carbonyl (C=O) groups excluding carboxylic acids is 2. The second-order valence-electron chi connectivity index (χ2n) is 8.74. The Labute approximate surface area is 206 Å². The molecule has 1 heterocycles. The number of anilines is 1. The van der Waals surface area contributed by atoms with E-state index in [1.165, 1.54) is 0 Å². The van der Waals surface area contributed by atoms with Crippen LogP contribution >= 0.6 is 0 Å². The van der Waals surface area contributed by atoms with Crippen LogP contribution in [0.4, 0.5) is 5.69 Å². The van der Waals surface area contributed by atoms with Gasteiger partial charge in [-0.05, 0) is 49.9 Å². The number of amides is 1. The molecule has 1 aliphatic rings. The van der Waals surface area contributed by atoms with Crippen molar-refractivity contribution >= 4 is 17.6 Å². The van der Waals surface area contributed by atoms with Gasteiger partial charge in [-0.25, -0.2) is 0 Å². The van der Waals surface area contributed by atoms with Gasteiger partial charge in [0.05, 0.1) is 18.8 Å². The first-order valence-electron chi connectivity index (χ1n) is 12.1. The molecular weight excluding hydrogens is 440 g/mol. The van der Waals surface area contributed by atoms with Crippen LogP contribution in [0.2, 0.25) is 0 Å². The zero-order valence-electron chi connectivity index (χ0n) is 20.3. The number of ether oxygens (including phenoxy) is 2. The predicted molar refractivity (Wildman–Crippen MR) is 136 cm³/mol. The lowest BCUT2D eigenvalue weighted by molar-refractivity contribution is -0.146. The van der Waals surface area contributed by atoms with Gasteiger partial charge in [-0.15, -0.1) is 0 Å². The van der Waals surface area contributed by atoms with Gasteiger partial charge in [0.1, 0.15) is 24.4 Å². The molecule has 1 aliphatic heterocycles. The van der Waals surface area contributed by atoms with Crippen molar-refractivity contribution in [3.05, 3.63) is 95.6 Å². The van der Waals surface area contributed by atoms with Gasteiger partial charge in [0.25, 0.3) is 0 Å². The Morgan fingerprint density at radius 1 is 1.03 bits per heavy atom. The number of carbonyl (C=O) groups is 2. The molecule has 0 bridgehead atoms. The number of rotatable bonds is 9. The average Bonchev–Trinajstić information content (AvgIpc) is 3.00. The van der Waals surface area contributed by atoms with E-state index in [4.69, 9.17) is 9.47 Å². The number of esters is 1. The molecule has 3 aromatic carbocycles. The van der Waals surface area contributed by atoms with E-state index in [1.807, 2.05) is 85.8 Å². The zero-order valence-corrected chi connectivity index (χ0v) is 20.3. The molecule has 6 nitrogen and oxygen atoms in total. The van der Waals surface area contributed by atoms with Crippen LogP contribution in [0.15, 0.2) is 78.9 Å². The highest BCUT2D eigenvalue weighted by atomic mass is 16.5. The third-order valence-corrected chi connectivity index (χ3v) is 6.12. The van der Waals surface area contributed by atoms with E-state index in [0.29, 0.717) is 25.1 Å². The minimum Gasteiger partial charge on any atom is -0.489 e. The van der Waals surface area contributed by atoms with Crippen LogP contribution in [0, 0.1) is 6.92 Å². The van der Waals surface area contributed by atoms with E-state index in [-0.39, 0.29) is 25.1 Å². The Balaban J connectivity index is 1.56. The van der Waals surface area contributed by atoms with Crippen LogP contribution in [0.5, 0.6) is 5.75 Å². The normalized spacial score (nSPS) is 16.1. The van der Waals surface area contributed by atoms with Crippen molar-refractivity contribution in [1.29, 1.82) is 0 Å². The fraction of sp³-hybridized carbons (Fsp3) is 0.310. The van der Waals surface area contributed by atoms with Crippen molar-refractivity contribution in [3.63, 3.8) is 0 Å². The van der Waals surface area contributed by atoms with E-state index < -0.39 is 12.1 Å². The minimum atomic E-state index is -0.696. The van der Waals surface area contributed by atoms with E-state index in [0.717, 1.165) is 22.4 Å². The Morgan fingerprint density at radius 2 is 1.74 bits per heavy atom. The summed E-state index contributed by atoms with van der Waals surface area (Å²) >= 11 is 0. The van der Waals surface area contributed by atoms with Gasteiger partial charge in [-0.1, -0.05) is 72.3 Å². The van der Waals surface area contributed by atoms with Crippen molar-refractivity contribution in [3.8, 4) is 5.75 Å². The molecule has 0 saturated carbocycles. The first-order valence-corrected chi connectivity index (χ1v) is 12.1. The SMILES string of the molecule is CCOC(=O)[C@H](CCc1ccccc1)NC1COc2ccccc2N(Cc2ccc(C)cc2)C1=O. The van der Waals surface area contributed by atoms with E-state index >= 15 is 0 Å². The smallest absolute Gasteiger partial charge is 0.323 e. The van der Waals surface area contributed by atoms with Crippen molar-refractivity contribution in [2.75, 3.05) is 18.1 Å². The monoisotopic (exact) mass is 472 g/mol. The number of para-hydroxylation sites is 2. The fourth-order valence-electron chi connectivity index (χ4n) is 4.22. The van der Waals surface area contributed by atoms with Crippen LogP contribution in [-0.4, -0.2) is 37.2 Å². The number of hydrogen-bond acceptors (Lipinski definition) is 5. The summed E-state index contributed by atoms with van der Waals surface area (Å²) in [7, 11) is 0. The maximum atomic E-state index is 13.8. The molecule has 3 aromatic rings. The molecule has 182 valence electrons. The Hall–Kier alpha value is -3.64. The summed E-state index contributed by atoms with van der Waals surface area (Å²) in [5, 5.41) is 3.27. The van der Waals surface area contributed by atoms with Crippen LogP contribution in [-0.2, 0) is 27.3 Å². The Bertz CT molecular complexity index is 1130. The first kappa shape index (κ1) is 24.5. The van der Waals surface area contributed by atoms with E-state index in [9.17, 15) is 9.59 Å². The molecule has 2 atom stereocenters. The molecular formula is C29H32N2O4. The molecule has 0 saturated heterocycles. The third kappa shape index (κ3) is 6.28. The second-order valence-corrected chi connectivity index (χ2v) is 8.74. The molecule has 35 heavy (non-hydrogen) atoms. The van der Waals surface area contributed by atoms with Crippen LogP contribution in [0.25, 0.3) is 0 Å². The molecule has 1 unspecified atom stereocenters. The van der Waals surface area contributed by atoms with Gasteiger partial charge >= 0.3 is 5.97 Å². The highest BCUT2D eigenvalue weighted by Crippen LogP contribution is 2.32. The molecule has 0 aliphatic carbocycles. The summed E-state index contributed by atoms with van der Waals surface area (Å²) in [5.41, 5.74) is 4.03. The highest BCUT2D eigenvalue weighted by Gasteiger charge is 2.34. The minimum absolute atomic E-state index is 0.126. The van der Waals surface area contributed by atoms with Crippen molar-refractivity contribution in [2.45, 2.75) is 45.3 Å². The summed E-state index contributed by atoms with van der Waals surface area (Å²) < 4.78 is 11.4. The van der Waals surface area contributed by atoms with Gasteiger partial charge in [-0.2, -0.15) is 0 Å². The average molecular weight is 473 g/mol. The lowest BCUT2D eigenvalue weighted by Crippen LogP contribution is -2.54. The summed E-state index contributed by atoms with van der Waals surface area (Å²) in [6.07, 6.45) is 1.20. The first-order chi connectivity index (χ1) is 17.0. The third-order valence-electron chi connectivity index (χ3n) is 6.12. The lowest BCUT2D eigenvalue weighted by Gasteiger charge is -2.27. The molecule has 0 aromatic heterocycles. The number of nitrogens with zero attached hydrogens (tertiary/aromatic N) is 1. The summed E-state index contributed by atoms with van der Waals surface area (Å²) in [4.78, 5) is 28.3. The van der Waals surface area contributed by atoms with Crippen molar-refractivity contribution < 1.29 is 19.1 Å². The van der Waals surface area contributed by atoms with Gasteiger partial charge in [0.2, 0.25) is 5.91 Å². The lowest BCUT2D eigenvalue weighted by atomic mass is 10.0. The molecule has 1 N–H and O–H groups in total. The largest absolute Gasteiger partial charge is 0.489 e. The summed E-state index contributed by atoms with van der Waals surface area (Å²) in [6, 6.07) is 24.3. The highest BCUT2D eigenvalue weighted by molar-refractivity contribution is 5.99. The second kappa shape index (κ2) is 11.7. The fourth-order valence-corrected chi connectivity index (χ4v) is 4.22. The molecule has 1 amide bonds. The molecule has 0 radical (unpaired) electrons. The number of aryl methyl sites for hydroxylation is 2. The van der Waals surface area contributed by atoms with E-state index in [2.05, 4.69) is 5.32 Å². The summed E-state index contributed by atoms with van der Waals surface area (Å²) in [5.74, 6) is 0.154. The number of hydrogen-bond donors (Lipinski definition) is 1. The van der Waals surface area contributed by atoms with Gasteiger partial charge in [0.15, 0.2) is 0 Å². The standard InChI is InChI=1S/C29H32N2O4/c1-3-34-29(33)24(18-17-22-9-5-4-6-10-22)30-25-20-35-27-12-8-7-11-26(27)31(28(25)32)19-23-15-13-21(2)14-16-23/h4-16,24-25,30H,3,17-20H2,1-2H3/t24-,25?/m0/s1. The van der Waals surface area contributed by atoms with Crippen molar-refractivity contribution in [1.82, 2.24) is 5.32 Å². The van der Waals surface area contributed by atoms with Gasteiger partial charge in [0, 0.05) is 0 Å². The predicted octanol–water partition coefficient (Wildman–Crippen LogP) is 4.44. The quantitative estimate of drug-likeness (QED) is 0.466. The number of fused-ring (bicyclic) bond motifs is 1. The Morgan fingerprint density at radius 3 is 2.49 bits per heavy atom. The van der Waals surface area contributed by atoms with Crippen LogP contribution < -0.4 is 15.0 Å². The molecule has 0 spiro atoms. The molecule has 6 heteroatoms. The zero-order chi connectivity index (χ0) is 24.6. The molecule has 0 fully saturated rings. The topological polar surface area (TPSA) is 67.9 Å². The van der Waals surface area contributed by atoms with Crippen LogP contribution in [0.1, 0.15) is 30.0 Å². The number of nitrogens with one attached hydrogen (secondary N) is 1. The van der Waals surface area contributed by atoms with Gasteiger partial charge in [-0.3, -0.25) is 14.9 Å². The maximum absolute atomic E-state index is 13.8. The maximum Gasteiger partial charge on any atom is 0.323 e. The Kier molecular flexibility index (Phi) is 8.16. The van der Waals surface area contributed by atoms with Gasteiger partial charge < -0.3 is 14.4 Å². The molecule has 4 rings (SSSR count). The van der Waals surface area contributed by atoms with Crippen LogP contribution in [0.3, 0.4) is 0 Å². The number of benzene rings is 3. The summed E-state index contributed by atoms with van der Waals surface area (Å²) in [6.45, 7) is 4.64. The van der Waals surface area contributed by atoms with Crippen molar-refractivity contribution in [2.24, 2.45) is 0 Å².